The molecule has 0 spiro atoms. The van der Waals surface area contributed by atoms with Crippen molar-refractivity contribution in [3.8, 4) is 0 Å². The van der Waals surface area contributed by atoms with Gasteiger partial charge in [-0.05, 0) is 36.4 Å². The average Bonchev–Trinajstić information content (AvgIpc) is 2.59. The van der Waals surface area contributed by atoms with Gasteiger partial charge in [0.05, 0.1) is 9.82 Å². The summed E-state index contributed by atoms with van der Waals surface area (Å²) in [6, 6.07) is 8.87. The maximum Gasteiger partial charge on any atom is 0.405 e. The summed E-state index contributed by atoms with van der Waals surface area (Å²) >= 11 is 0. The van der Waals surface area contributed by atoms with Gasteiger partial charge in [0.15, 0.2) is 0 Å². The van der Waals surface area contributed by atoms with Crippen molar-refractivity contribution in [2.75, 3.05) is 11.3 Å². The van der Waals surface area contributed by atoms with Gasteiger partial charge >= 0.3 is 6.18 Å². The number of nitro groups is 1. The number of nitrogens with one attached hydrogen (secondary N) is 2. The van der Waals surface area contributed by atoms with Gasteiger partial charge in [-0.25, -0.2) is 8.42 Å². The molecule has 2 rings (SSSR count). The molecule has 0 saturated carbocycles. The van der Waals surface area contributed by atoms with Crippen molar-refractivity contribution in [1.82, 2.24) is 5.32 Å². The van der Waals surface area contributed by atoms with Gasteiger partial charge in [0.25, 0.3) is 21.6 Å². The first-order valence-electron chi connectivity index (χ1n) is 7.20. The lowest BCUT2D eigenvalue weighted by molar-refractivity contribution is -0.384. The van der Waals surface area contributed by atoms with Crippen LogP contribution in [0.3, 0.4) is 0 Å². The summed E-state index contributed by atoms with van der Waals surface area (Å²) in [5.74, 6) is -1.00. The normalized spacial score (nSPS) is 11.7. The second kappa shape index (κ2) is 7.61. The van der Waals surface area contributed by atoms with Crippen LogP contribution in [0.2, 0.25) is 0 Å². The molecule has 0 aromatic heterocycles. The van der Waals surface area contributed by atoms with Gasteiger partial charge < -0.3 is 5.32 Å². The van der Waals surface area contributed by atoms with Gasteiger partial charge in [-0.2, -0.15) is 13.2 Å². The summed E-state index contributed by atoms with van der Waals surface area (Å²) in [7, 11) is -4.06. The minimum atomic E-state index is -4.56. The molecule has 8 nitrogen and oxygen atoms in total. The van der Waals surface area contributed by atoms with E-state index in [1.807, 2.05) is 0 Å². The summed E-state index contributed by atoms with van der Waals surface area (Å²) in [5, 5.41) is 12.2. The summed E-state index contributed by atoms with van der Waals surface area (Å²) in [4.78, 5) is 21.3. The Bertz CT molecular complexity index is 942. The van der Waals surface area contributed by atoms with Gasteiger partial charge in [-0.3, -0.25) is 19.6 Å². The van der Waals surface area contributed by atoms with E-state index in [1.54, 1.807) is 5.32 Å². The van der Waals surface area contributed by atoms with Crippen LogP contribution >= 0.6 is 0 Å². The van der Waals surface area contributed by atoms with E-state index < -0.39 is 33.6 Å². The van der Waals surface area contributed by atoms with Crippen LogP contribution in [0.25, 0.3) is 0 Å². The van der Waals surface area contributed by atoms with Crippen molar-refractivity contribution in [2.24, 2.45) is 0 Å². The Morgan fingerprint density at radius 3 is 2.07 bits per heavy atom. The van der Waals surface area contributed by atoms with Crippen molar-refractivity contribution >= 4 is 27.3 Å². The Kier molecular flexibility index (Phi) is 5.69. The number of benzene rings is 2. The zero-order valence-electron chi connectivity index (χ0n) is 13.4. The topological polar surface area (TPSA) is 118 Å². The van der Waals surface area contributed by atoms with E-state index in [4.69, 9.17) is 0 Å². The Balaban J connectivity index is 2.10. The number of hydrogen-bond acceptors (Lipinski definition) is 5. The molecule has 0 bridgehead atoms. The highest BCUT2D eigenvalue weighted by atomic mass is 32.2. The highest BCUT2D eigenvalue weighted by Crippen LogP contribution is 2.20. The molecule has 0 aliphatic rings. The first-order valence-corrected chi connectivity index (χ1v) is 8.68. The molecule has 2 N–H and O–H groups in total. The van der Waals surface area contributed by atoms with Gasteiger partial charge in [-0.15, -0.1) is 0 Å². The van der Waals surface area contributed by atoms with Crippen molar-refractivity contribution in [3.05, 3.63) is 64.2 Å². The molecule has 144 valence electrons. The predicted octanol–water partition coefficient (Wildman–Crippen LogP) is 2.69. The van der Waals surface area contributed by atoms with Crippen LogP contribution in [-0.2, 0) is 10.0 Å². The third-order valence-corrected chi connectivity index (χ3v) is 4.60. The molecular weight excluding hydrogens is 391 g/mol. The smallest absolute Gasteiger partial charge is 0.343 e. The second-order valence-corrected chi connectivity index (χ2v) is 6.91. The first-order chi connectivity index (χ1) is 12.5. The number of nitro benzene ring substituents is 1. The zero-order chi connectivity index (χ0) is 20.2. The van der Waals surface area contributed by atoms with E-state index in [0.717, 1.165) is 36.4 Å². The average molecular weight is 403 g/mol. The van der Waals surface area contributed by atoms with E-state index in [0.29, 0.717) is 0 Å². The largest absolute Gasteiger partial charge is 0.405 e. The fourth-order valence-electron chi connectivity index (χ4n) is 1.93. The summed E-state index contributed by atoms with van der Waals surface area (Å²) in [6.07, 6.45) is -4.56. The van der Waals surface area contributed by atoms with E-state index >= 15 is 0 Å². The van der Waals surface area contributed by atoms with Crippen molar-refractivity contribution in [2.45, 2.75) is 11.1 Å². The summed E-state index contributed by atoms with van der Waals surface area (Å²) in [6.45, 7) is -1.51. The molecule has 0 aliphatic heterocycles. The monoisotopic (exact) mass is 403 g/mol. The van der Waals surface area contributed by atoms with E-state index in [9.17, 15) is 36.5 Å². The minimum Gasteiger partial charge on any atom is -0.343 e. The number of halogens is 3. The Morgan fingerprint density at radius 1 is 1.04 bits per heavy atom. The van der Waals surface area contributed by atoms with Crippen LogP contribution in [0.1, 0.15) is 10.4 Å². The fraction of sp³-hybridized carbons (Fsp3) is 0.133. The number of amides is 1. The third kappa shape index (κ3) is 5.67. The molecule has 2 aromatic carbocycles. The van der Waals surface area contributed by atoms with Crippen LogP contribution in [0.15, 0.2) is 53.4 Å². The molecule has 0 aliphatic carbocycles. The van der Waals surface area contributed by atoms with Crippen molar-refractivity contribution < 1.29 is 31.3 Å². The molecule has 27 heavy (non-hydrogen) atoms. The standard InChI is InChI=1S/C15H12F3N3O5S/c16-15(17,18)9-19-14(22)10-1-7-13(8-2-10)27(25,26)20-11-3-5-12(6-4-11)21(23)24/h1-8,20H,9H2,(H,19,22). The number of nitrogens with zero attached hydrogens (tertiary/aromatic N) is 1. The highest BCUT2D eigenvalue weighted by Gasteiger charge is 2.28. The lowest BCUT2D eigenvalue weighted by atomic mass is 10.2. The highest BCUT2D eigenvalue weighted by molar-refractivity contribution is 7.92. The van der Waals surface area contributed by atoms with Crippen LogP contribution in [0.5, 0.6) is 0 Å². The zero-order valence-corrected chi connectivity index (χ0v) is 14.2. The van der Waals surface area contributed by atoms with Crippen molar-refractivity contribution in [1.29, 1.82) is 0 Å². The molecule has 0 atom stereocenters. The second-order valence-electron chi connectivity index (χ2n) is 5.23. The summed E-state index contributed by atoms with van der Waals surface area (Å²) < 4.78 is 63.0. The number of carbonyl (C=O) groups is 1. The van der Waals surface area contributed by atoms with Gasteiger partial charge in [0.2, 0.25) is 0 Å². The molecule has 0 saturated heterocycles. The van der Waals surface area contributed by atoms with E-state index in [2.05, 4.69) is 4.72 Å². The number of sulfonamides is 1. The van der Waals surface area contributed by atoms with Crippen LogP contribution < -0.4 is 10.0 Å². The van der Waals surface area contributed by atoms with Crippen LogP contribution in [-0.4, -0.2) is 32.0 Å². The third-order valence-electron chi connectivity index (χ3n) is 3.21. The Labute approximate surface area is 151 Å². The Morgan fingerprint density at radius 2 is 1.59 bits per heavy atom. The first kappa shape index (κ1) is 20.2. The molecule has 2 aromatic rings. The molecule has 0 fully saturated rings. The maximum absolute atomic E-state index is 12.3. The number of carbonyl (C=O) groups excluding carboxylic acids is 1. The van der Waals surface area contributed by atoms with Gasteiger partial charge in [0.1, 0.15) is 6.54 Å². The van der Waals surface area contributed by atoms with Crippen molar-refractivity contribution in [3.63, 3.8) is 0 Å². The van der Waals surface area contributed by atoms with Crippen LogP contribution in [0.4, 0.5) is 24.5 Å². The van der Waals surface area contributed by atoms with E-state index in [-0.39, 0.29) is 21.8 Å². The predicted molar refractivity (Wildman–Crippen MR) is 88.7 cm³/mol. The van der Waals surface area contributed by atoms with Gasteiger partial charge in [0, 0.05) is 23.4 Å². The minimum absolute atomic E-state index is 0.0765. The number of non-ortho nitro benzene ring substituents is 1. The quantitative estimate of drug-likeness (QED) is 0.568. The fourth-order valence-corrected chi connectivity index (χ4v) is 2.99. The van der Waals surface area contributed by atoms with Crippen LogP contribution in [0, 0.1) is 10.1 Å². The maximum atomic E-state index is 12.3. The number of rotatable bonds is 6. The lowest BCUT2D eigenvalue weighted by Crippen LogP contribution is -2.33. The summed E-state index contributed by atoms with van der Waals surface area (Å²) in [5.41, 5.74) is -0.284. The number of hydrogen-bond donors (Lipinski definition) is 2. The molecule has 1 amide bonds. The lowest BCUT2D eigenvalue weighted by Gasteiger charge is -2.10. The number of anilines is 1. The molecule has 0 radical (unpaired) electrons. The molecule has 0 unspecified atom stereocenters. The van der Waals surface area contributed by atoms with Gasteiger partial charge in [-0.1, -0.05) is 0 Å². The number of alkyl halides is 3. The SMILES string of the molecule is O=C(NCC(F)(F)F)c1ccc(S(=O)(=O)Nc2ccc([N+](=O)[O-])cc2)cc1. The molecule has 12 heteroatoms. The Hall–Kier alpha value is -3.15. The van der Waals surface area contributed by atoms with E-state index in [1.165, 1.54) is 12.1 Å². The molecular formula is C15H12F3N3O5S. The molecule has 0 heterocycles.